The first-order valence-corrected chi connectivity index (χ1v) is 7.00. The van der Waals surface area contributed by atoms with Gasteiger partial charge in [-0.15, -0.1) is 0 Å². The van der Waals surface area contributed by atoms with Gasteiger partial charge in [-0.3, -0.25) is 4.79 Å². The van der Waals surface area contributed by atoms with Crippen molar-refractivity contribution < 1.29 is 13.9 Å². The summed E-state index contributed by atoms with van der Waals surface area (Å²) in [5.74, 6) is -0.580. The highest BCUT2D eigenvalue weighted by atomic mass is 19.1. The number of halogens is 1. The molecule has 0 saturated carbocycles. The lowest BCUT2D eigenvalue weighted by atomic mass is 10.0. The van der Waals surface area contributed by atoms with E-state index >= 15 is 0 Å². The molecule has 1 aliphatic rings. The zero-order chi connectivity index (χ0) is 14.5. The Morgan fingerprint density at radius 1 is 1.45 bits per heavy atom. The first-order chi connectivity index (χ1) is 9.61. The Hall–Kier alpha value is -1.46. The molecule has 5 heteroatoms. The smallest absolute Gasteiger partial charge is 0.231 e. The lowest BCUT2D eigenvalue weighted by molar-refractivity contribution is -0.120. The highest BCUT2D eigenvalue weighted by Crippen LogP contribution is 2.20. The van der Waals surface area contributed by atoms with Crippen LogP contribution in [0.25, 0.3) is 0 Å². The van der Waals surface area contributed by atoms with E-state index in [9.17, 15) is 9.18 Å². The fourth-order valence-corrected chi connectivity index (χ4v) is 2.34. The van der Waals surface area contributed by atoms with Crippen LogP contribution >= 0.6 is 0 Å². The van der Waals surface area contributed by atoms with Gasteiger partial charge in [0.15, 0.2) is 0 Å². The molecule has 1 amide bonds. The van der Waals surface area contributed by atoms with Crippen LogP contribution < -0.4 is 10.6 Å². The summed E-state index contributed by atoms with van der Waals surface area (Å²) in [6.45, 7) is 5.71. The summed E-state index contributed by atoms with van der Waals surface area (Å²) in [6.07, 6.45) is 1.02. The summed E-state index contributed by atoms with van der Waals surface area (Å²) in [5.41, 5.74) is 1.37. The minimum Gasteiger partial charge on any atom is -0.379 e. The number of rotatable bonds is 5. The molecule has 1 aromatic rings. The van der Waals surface area contributed by atoms with Crippen molar-refractivity contribution in [2.45, 2.75) is 26.3 Å². The first kappa shape index (κ1) is 14.9. The highest BCUT2D eigenvalue weighted by molar-refractivity contribution is 5.94. The largest absolute Gasteiger partial charge is 0.379 e. The van der Waals surface area contributed by atoms with Crippen molar-refractivity contribution in [2.24, 2.45) is 5.92 Å². The van der Waals surface area contributed by atoms with Crippen molar-refractivity contribution in [1.29, 1.82) is 0 Å². The maximum absolute atomic E-state index is 13.0. The van der Waals surface area contributed by atoms with Gasteiger partial charge < -0.3 is 15.4 Å². The van der Waals surface area contributed by atoms with E-state index in [0.29, 0.717) is 18.9 Å². The van der Waals surface area contributed by atoms with E-state index in [1.54, 1.807) is 13.0 Å². The number of carbonyl (C=O) groups is 1. The molecule has 1 saturated heterocycles. The standard InChI is InChI=1S/C15H21FN2O2/c1-3-6-17-14-9-20-8-12(14)15(19)18-13-5-4-11(16)7-10(13)2/h4-5,7,12,14,17H,3,6,8-9H2,1-2H3,(H,18,19). The van der Waals surface area contributed by atoms with Crippen LogP contribution in [0.5, 0.6) is 0 Å². The van der Waals surface area contributed by atoms with E-state index in [0.717, 1.165) is 18.5 Å². The van der Waals surface area contributed by atoms with Gasteiger partial charge >= 0.3 is 0 Å². The molecule has 1 fully saturated rings. The molecular weight excluding hydrogens is 259 g/mol. The monoisotopic (exact) mass is 280 g/mol. The molecule has 0 radical (unpaired) electrons. The Labute approximate surface area is 118 Å². The molecule has 1 aliphatic heterocycles. The zero-order valence-electron chi connectivity index (χ0n) is 11.9. The number of hydrogen-bond donors (Lipinski definition) is 2. The van der Waals surface area contributed by atoms with Crippen LogP contribution in [0.1, 0.15) is 18.9 Å². The molecule has 0 aliphatic carbocycles. The molecule has 0 spiro atoms. The second-order valence-electron chi connectivity index (χ2n) is 5.15. The van der Waals surface area contributed by atoms with Gasteiger partial charge in [0.05, 0.1) is 19.1 Å². The van der Waals surface area contributed by atoms with Gasteiger partial charge in [0, 0.05) is 11.7 Å². The number of carbonyl (C=O) groups excluding carboxylic acids is 1. The molecular formula is C15H21FN2O2. The molecule has 1 aromatic carbocycles. The Bertz CT molecular complexity index is 479. The highest BCUT2D eigenvalue weighted by Gasteiger charge is 2.33. The maximum Gasteiger partial charge on any atom is 0.231 e. The number of amides is 1. The number of hydrogen-bond acceptors (Lipinski definition) is 3. The molecule has 20 heavy (non-hydrogen) atoms. The first-order valence-electron chi connectivity index (χ1n) is 7.00. The normalized spacial score (nSPS) is 21.9. The number of benzene rings is 1. The van der Waals surface area contributed by atoms with Crippen LogP contribution in [-0.2, 0) is 9.53 Å². The lowest BCUT2D eigenvalue weighted by Crippen LogP contribution is -2.41. The van der Waals surface area contributed by atoms with Crippen molar-refractivity contribution in [3.05, 3.63) is 29.6 Å². The van der Waals surface area contributed by atoms with Crippen molar-refractivity contribution in [1.82, 2.24) is 5.32 Å². The number of nitrogens with one attached hydrogen (secondary N) is 2. The van der Waals surface area contributed by atoms with E-state index in [1.165, 1.54) is 12.1 Å². The average Bonchev–Trinajstić information content (AvgIpc) is 2.88. The van der Waals surface area contributed by atoms with E-state index in [-0.39, 0.29) is 23.7 Å². The molecule has 2 unspecified atom stereocenters. The fraction of sp³-hybridized carbons (Fsp3) is 0.533. The summed E-state index contributed by atoms with van der Waals surface area (Å²) in [5, 5.41) is 6.19. The van der Waals surface area contributed by atoms with Gasteiger partial charge in [-0.25, -0.2) is 4.39 Å². The van der Waals surface area contributed by atoms with Gasteiger partial charge in [-0.1, -0.05) is 6.92 Å². The van der Waals surface area contributed by atoms with Crippen molar-refractivity contribution in [3.63, 3.8) is 0 Å². The van der Waals surface area contributed by atoms with Crippen LogP contribution in [0.4, 0.5) is 10.1 Å². The third-order valence-corrected chi connectivity index (χ3v) is 3.52. The molecule has 110 valence electrons. The number of ether oxygens (including phenoxy) is 1. The summed E-state index contributed by atoms with van der Waals surface area (Å²) >= 11 is 0. The molecule has 0 bridgehead atoms. The van der Waals surface area contributed by atoms with Crippen LogP contribution in [0.2, 0.25) is 0 Å². The third kappa shape index (κ3) is 3.55. The van der Waals surface area contributed by atoms with Crippen molar-refractivity contribution in [3.8, 4) is 0 Å². The van der Waals surface area contributed by atoms with Gasteiger partial charge in [-0.2, -0.15) is 0 Å². The third-order valence-electron chi connectivity index (χ3n) is 3.52. The topological polar surface area (TPSA) is 50.4 Å². The van der Waals surface area contributed by atoms with Crippen LogP contribution in [0, 0.1) is 18.7 Å². The Balaban J connectivity index is 2.00. The Morgan fingerprint density at radius 3 is 2.95 bits per heavy atom. The summed E-state index contributed by atoms with van der Waals surface area (Å²) in [4.78, 5) is 12.3. The quantitative estimate of drug-likeness (QED) is 0.868. The molecule has 2 rings (SSSR count). The molecule has 2 N–H and O–H groups in total. The minimum atomic E-state index is -0.299. The summed E-state index contributed by atoms with van der Waals surface area (Å²) in [7, 11) is 0. The SMILES string of the molecule is CCCNC1COCC1C(=O)Nc1ccc(F)cc1C. The molecule has 2 atom stereocenters. The molecule has 0 aromatic heterocycles. The van der Waals surface area contributed by atoms with Crippen LogP contribution in [0.15, 0.2) is 18.2 Å². The summed E-state index contributed by atoms with van der Waals surface area (Å²) in [6, 6.07) is 4.40. The molecule has 4 nitrogen and oxygen atoms in total. The van der Waals surface area contributed by atoms with E-state index in [4.69, 9.17) is 4.74 Å². The number of anilines is 1. The van der Waals surface area contributed by atoms with Gasteiger partial charge in [0.2, 0.25) is 5.91 Å². The van der Waals surface area contributed by atoms with Gasteiger partial charge in [0.1, 0.15) is 5.82 Å². The predicted octanol–water partition coefficient (Wildman–Crippen LogP) is 2.09. The predicted molar refractivity (Wildman–Crippen MR) is 76.2 cm³/mol. The van der Waals surface area contributed by atoms with E-state index in [1.807, 2.05) is 0 Å². The Kier molecular flexibility index (Phi) is 5.09. The van der Waals surface area contributed by atoms with Crippen molar-refractivity contribution in [2.75, 3.05) is 25.1 Å². The van der Waals surface area contributed by atoms with Crippen LogP contribution in [0.3, 0.4) is 0 Å². The molecule has 1 heterocycles. The van der Waals surface area contributed by atoms with Gasteiger partial charge in [-0.05, 0) is 43.7 Å². The minimum absolute atomic E-state index is 0.0516. The van der Waals surface area contributed by atoms with E-state index in [2.05, 4.69) is 17.6 Å². The maximum atomic E-state index is 13.0. The lowest BCUT2D eigenvalue weighted by Gasteiger charge is -2.19. The fourth-order valence-electron chi connectivity index (χ4n) is 2.34. The van der Waals surface area contributed by atoms with Crippen molar-refractivity contribution >= 4 is 11.6 Å². The van der Waals surface area contributed by atoms with Crippen LogP contribution in [-0.4, -0.2) is 31.7 Å². The summed E-state index contributed by atoms with van der Waals surface area (Å²) < 4.78 is 18.4. The Morgan fingerprint density at radius 2 is 2.25 bits per heavy atom. The number of aryl methyl sites for hydroxylation is 1. The van der Waals surface area contributed by atoms with E-state index < -0.39 is 0 Å². The second kappa shape index (κ2) is 6.81. The average molecular weight is 280 g/mol. The zero-order valence-corrected chi connectivity index (χ0v) is 11.9. The van der Waals surface area contributed by atoms with Gasteiger partial charge in [0.25, 0.3) is 0 Å². The second-order valence-corrected chi connectivity index (χ2v) is 5.15.